The molecule has 0 aliphatic heterocycles. The van der Waals surface area contributed by atoms with E-state index in [0.717, 1.165) is 15.5 Å². The SMILES string of the molecule is O=C(OCCSSCCOC(=O)c1ccccc1)OCOc1c(Br)cc(Br)c2nc3ccccc3nc12. The molecule has 1 aromatic heterocycles. The van der Waals surface area contributed by atoms with Crippen LogP contribution in [0.3, 0.4) is 0 Å². The van der Waals surface area contributed by atoms with E-state index >= 15 is 0 Å². The summed E-state index contributed by atoms with van der Waals surface area (Å²) in [5.74, 6) is 1.24. The Morgan fingerprint density at radius 2 is 1.38 bits per heavy atom. The smallest absolute Gasteiger partial charge is 0.461 e. The molecule has 0 radical (unpaired) electrons. The maximum Gasteiger partial charge on any atom is 0.511 e. The monoisotopic (exact) mass is 666 g/mol. The van der Waals surface area contributed by atoms with Gasteiger partial charge in [0.15, 0.2) is 5.75 Å². The number of hydrogen-bond donors (Lipinski definition) is 0. The summed E-state index contributed by atoms with van der Waals surface area (Å²) in [4.78, 5) is 33.1. The first-order valence-corrected chi connectivity index (χ1v) is 15.0. The van der Waals surface area contributed by atoms with E-state index in [4.69, 9.17) is 18.9 Å². The van der Waals surface area contributed by atoms with Crippen molar-refractivity contribution in [1.82, 2.24) is 9.97 Å². The molecule has 0 spiro atoms. The maximum atomic E-state index is 11.9. The molecule has 0 atom stereocenters. The lowest BCUT2D eigenvalue weighted by Crippen LogP contribution is -2.14. The Morgan fingerprint density at radius 3 is 2.08 bits per heavy atom. The molecule has 0 bridgehead atoms. The second kappa shape index (κ2) is 13.8. The zero-order valence-electron chi connectivity index (χ0n) is 19.2. The van der Waals surface area contributed by atoms with Gasteiger partial charge in [0.05, 0.1) is 21.1 Å². The average Bonchev–Trinajstić information content (AvgIpc) is 2.91. The summed E-state index contributed by atoms with van der Waals surface area (Å²) >= 11 is 6.98. The van der Waals surface area contributed by atoms with Crippen LogP contribution in [0.2, 0.25) is 0 Å². The molecule has 12 heteroatoms. The van der Waals surface area contributed by atoms with Crippen LogP contribution in [-0.2, 0) is 14.2 Å². The Balaban J connectivity index is 1.15. The van der Waals surface area contributed by atoms with Crippen molar-refractivity contribution >= 4 is 87.6 Å². The fourth-order valence-corrected chi connectivity index (χ4v) is 6.10. The molecule has 0 aliphatic carbocycles. The van der Waals surface area contributed by atoms with Gasteiger partial charge in [0.1, 0.15) is 24.2 Å². The topological polar surface area (TPSA) is 96.8 Å². The van der Waals surface area contributed by atoms with E-state index in [2.05, 4.69) is 41.8 Å². The van der Waals surface area contributed by atoms with Gasteiger partial charge in [0, 0.05) is 16.0 Å². The molecule has 0 fully saturated rings. The van der Waals surface area contributed by atoms with E-state index in [9.17, 15) is 9.59 Å². The fourth-order valence-electron chi connectivity index (χ4n) is 3.10. The van der Waals surface area contributed by atoms with Crippen molar-refractivity contribution in [3.05, 3.63) is 75.2 Å². The van der Waals surface area contributed by atoms with E-state index in [1.165, 1.54) is 21.6 Å². The number of esters is 1. The van der Waals surface area contributed by atoms with Crippen LogP contribution in [0.25, 0.3) is 22.1 Å². The molecule has 192 valence electrons. The van der Waals surface area contributed by atoms with E-state index < -0.39 is 6.16 Å². The number of halogens is 2. The molecule has 8 nitrogen and oxygen atoms in total. The predicted molar refractivity (Wildman–Crippen MR) is 152 cm³/mol. The van der Waals surface area contributed by atoms with Gasteiger partial charge in [-0.2, -0.15) is 0 Å². The number of fused-ring (bicyclic) bond motifs is 2. The second-order valence-corrected chi connectivity index (χ2v) is 11.6. The van der Waals surface area contributed by atoms with Gasteiger partial charge in [-0.3, -0.25) is 0 Å². The first kappa shape index (κ1) is 27.5. The summed E-state index contributed by atoms with van der Waals surface area (Å²) in [6.45, 7) is 0.117. The summed E-state index contributed by atoms with van der Waals surface area (Å²) in [6.07, 6.45) is -0.837. The Bertz CT molecular complexity index is 1390. The summed E-state index contributed by atoms with van der Waals surface area (Å²) in [5.41, 5.74) is 3.16. The van der Waals surface area contributed by atoms with E-state index in [-0.39, 0.29) is 19.4 Å². The standard InChI is InChI=1S/C25H20Br2N2O6S2/c26-17-14-18(27)23(22-21(17)28-19-8-4-5-9-20(19)29-22)34-15-35-25(31)33-11-13-37-36-12-10-32-24(30)16-6-2-1-3-7-16/h1-9,14H,10-13,15H2. The number of aromatic nitrogens is 2. The summed E-state index contributed by atoms with van der Waals surface area (Å²) in [6, 6.07) is 18.2. The van der Waals surface area contributed by atoms with Gasteiger partial charge in [-0.15, -0.1) is 0 Å². The normalized spacial score (nSPS) is 10.9. The second-order valence-electron chi connectivity index (χ2n) is 7.23. The molecule has 4 aromatic rings. The Hall–Kier alpha value is -2.54. The lowest BCUT2D eigenvalue weighted by atomic mass is 10.2. The molecule has 37 heavy (non-hydrogen) atoms. The van der Waals surface area contributed by atoms with Crippen LogP contribution >= 0.6 is 53.4 Å². The zero-order chi connectivity index (χ0) is 26.0. The van der Waals surface area contributed by atoms with Crippen molar-refractivity contribution in [3.63, 3.8) is 0 Å². The number of carbonyl (C=O) groups excluding carboxylic acids is 2. The van der Waals surface area contributed by atoms with Crippen LogP contribution in [0, 0.1) is 0 Å². The molecule has 0 saturated carbocycles. The Kier molecular flexibility index (Phi) is 10.3. The number of carbonyl (C=O) groups is 2. The Morgan fingerprint density at radius 1 is 0.757 bits per heavy atom. The number of nitrogens with zero attached hydrogens (tertiary/aromatic N) is 2. The van der Waals surface area contributed by atoms with Gasteiger partial charge in [-0.25, -0.2) is 19.6 Å². The highest BCUT2D eigenvalue weighted by atomic mass is 79.9. The molecule has 0 aliphatic rings. The molecule has 4 rings (SSSR count). The molecule has 0 amide bonds. The van der Waals surface area contributed by atoms with Crippen molar-refractivity contribution in [3.8, 4) is 5.75 Å². The number of ether oxygens (including phenoxy) is 4. The predicted octanol–water partition coefficient (Wildman–Crippen LogP) is 7.04. The molecular formula is C25H20Br2N2O6S2. The summed E-state index contributed by atoms with van der Waals surface area (Å²) in [7, 11) is 3.03. The minimum atomic E-state index is -0.837. The van der Waals surface area contributed by atoms with Crippen LogP contribution in [-0.4, -0.2) is 53.6 Å². The molecule has 1 heterocycles. The third kappa shape index (κ3) is 7.73. The highest BCUT2D eigenvalue weighted by molar-refractivity contribution is 9.11. The Labute approximate surface area is 237 Å². The lowest BCUT2D eigenvalue weighted by molar-refractivity contribution is 0.00750. The molecule has 0 N–H and O–H groups in total. The minimum Gasteiger partial charge on any atom is -0.461 e. The minimum absolute atomic E-state index is 0.169. The third-order valence-corrected chi connectivity index (χ3v) is 8.27. The zero-order valence-corrected chi connectivity index (χ0v) is 24.0. The van der Waals surface area contributed by atoms with Crippen LogP contribution in [0.1, 0.15) is 10.4 Å². The highest BCUT2D eigenvalue weighted by Gasteiger charge is 2.16. The molecule has 3 aromatic carbocycles. The van der Waals surface area contributed by atoms with Crippen LogP contribution in [0.4, 0.5) is 4.79 Å². The number of hydrogen-bond acceptors (Lipinski definition) is 10. The van der Waals surface area contributed by atoms with Gasteiger partial charge in [-0.1, -0.05) is 51.9 Å². The van der Waals surface area contributed by atoms with Crippen LogP contribution in [0.15, 0.2) is 69.6 Å². The largest absolute Gasteiger partial charge is 0.511 e. The molecular weight excluding hydrogens is 648 g/mol. The lowest BCUT2D eigenvalue weighted by Gasteiger charge is -2.12. The van der Waals surface area contributed by atoms with Gasteiger partial charge in [-0.05, 0) is 62.2 Å². The van der Waals surface area contributed by atoms with Gasteiger partial charge in [0.2, 0.25) is 6.79 Å². The third-order valence-electron chi connectivity index (χ3n) is 4.74. The van der Waals surface area contributed by atoms with E-state index in [1.54, 1.807) is 30.3 Å². The van der Waals surface area contributed by atoms with Crippen LogP contribution < -0.4 is 4.74 Å². The molecule has 0 saturated heterocycles. The molecule has 0 unspecified atom stereocenters. The van der Waals surface area contributed by atoms with Gasteiger partial charge >= 0.3 is 12.1 Å². The van der Waals surface area contributed by atoms with Gasteiger partial charge < -0.3 is 18.9 Å². The first-order valence-electron chi connectivity index (χ1n) is 11.0. The van der Waals surface area contributed by atoms with Crippen molar-refractivity contribution in [1.29, 1.82) is 0 Å². The van der Waals surface area contributed by atoms with Crippen molar-refractivity contribution < 1.29 is 28.5 Å². The van der Waals surface area contributed by atoms with Crippen molar-refractivity contribution in [2.24, 2.45) is 0 Å². The first-order chi connectivity index (χ1) is 18.0. The van der Waals surface area contributed by atoms with Crippen molar-refractivity contribution in [2.45, 2.75) is 0 Å². The average molecular weight is 668 g/mol. The quantitative estimate of drug-likeness (QED) is 0.0545. The summed E-state index contributed by atoms with van der Waals surface area (Å²) < 4.78 is 22.4. The highest BCUT2D eigenvalue weighted by Crippen LogP contribution is 2.37. The fraction of sp³-hybridized carbons (Fsp3) is 0.200. The number of para-hydroxylation sites is 2. The maximum absolute atomic E-state index is 11.9. The van der Waals surface area contributed by atoms with E-state index in [1.807, 2.05) is 30.3 Å². The van der Waals surface area contributed by atoms with E-state index in [0.29, 0.717) is 44.9 Å². The van der Waals surface area contributed by atoms with Crippen LogP contribution in [0.5, 0.6) is 5.75 Å². The summed E-state index contributed by atoms with van der Waals surface area (Å²) in [5, 5.41) is 0. The number of rotatable bonds is 11. The van der Waals surface area contributed by atoms with Crippen molar-refractivity contribution in [2.75, 3.05) is 31.5 Å². The number of benzene rings is 3. The van der Waals surface area contributed by atoms with Gasteiger partial charge in [0.25, 0.3) is 0 Å².